The van der Waals surface area contributed by atoms with E-state index in [-0.39, 0.29) is 12.1 Å². The molecule has 23 heavy (non-hydrogen) atoms. The van der Waals surface area contributed by atoms with Crippen LogP contribution in [0.25, 0.3) is 0 Å². The molecular weight excluding hydrogens is 294 g/mol. The van der Waals surface area contributed by atoms with E-state index in [1.54, 1.807) is 0 Å². The van der Waals surface area contributed by atoms with Crippen molar-refractivity contribution < 1.29 is 14.3 Å². The Morgan fingerprint density at radius 3 is 2.78 bits per heavy atom. The van der Waals surface area contributed by atoms with Gasteiger partial charge in [0.1, 0.15) is 5.60 Å². The zero-order valence-electron chi connectivity index (χ0n) is 15.7. The van der Waals surface area contributed by atoms with Crippen LogP contribution in [0.1, 0.15) is 41.0 Å². The van der Waals surface area contributed by atoms with Crippen LogP contribution >= 0.6 is 0 Å². The lowest BCUT2D eigenvalue weighted by Crippen LogP contribution is -2.52. The van der Waals surface area contributed by atoms with Crippen LogP contribution in [0.4, 0.5) is 4.79 Å². The number of nitrogens with zero attached hydrogens (tertiary/aromatic N) is 2. The Morgan fingerprint density at radius 1 is 1.48 bits per heavy atom. The maximum atomic E-state index is 12.4. The molecule has 1 aliphatic rings. The van der Waals surface area contributed by atoms with Gasteiger partial charge in [-0.3, -0.25) is 0 Å². The summed E-state index contributed by atoms with van der Waals surface area (Å²) in [7, 11) is 2.12. The fourth-order valence-corrected chi connectivity index (χ4v) is 2.56. The summed E-state index contributed by atoms with van der Waals surface area (Å²) in [5.41, 5.74) is -0.464. The van der Waals surface area contributed by atoms with E-state index in [4.69, 9.17) is 9.47 Å². The number of ether oxygens (including phenoxy) is 2. The van der Waals surface area contributed by atoms with Crippen LogP contribution in [0.5, 0.6) is 0 Å². The average molecular weight is 329 g/mol. The second-order valence-corrected chi connectivity index (χ2v) is 7.39. The first kappa shape index (κ1) is 20.2. The van der Waals surface area contributed by atoms with Gasteiger partial charge in [-0.1, -0.05) is 6.92 Å². The third kappa shape index (κ3) is 7.99. The lowest BCUT2D eigenvalue weighted by molar-refractivity contribution is -0.0355. The van der Waals surface area contributed by atoms with Gasteiger partial charge in [-0.25, -0.2) is 4.79 Å². The van der Waals surface area contributed by atoms with E-state index in [1.165, 1.54) is 0 Å². The van der Waals surface area contributed by atoms with Gasteiger partial charge in [-0.05, 0) is 47.7 Å². The molecule has 1 fully saturated rings. The van der Waals surface area contributed by atoms with E-state index in [9.17, 15) is 4.79 Å². The maximum absolute atomic E-state index is 12.4. The van der Waals surface area contributed by atoms with Crippen molar-refractivity contribution in [2.75, 3.05) is 46.4 Å². The van der Waals surface area contributed by atoms with E-state index in [0.29, 0.717) is 25.8 Å². The number of likely N-dealkylation sites (N-methyl/N-ethyl adjacent to an activating group) is 1. The topological polar surface area (TPSA) is 54.0 Å². The molecule has 136 valence electrons. The van der Waals surface area contributed by atoms with Crippen LogP contribution < -0.4 is 5.32 Å². The average Bonchev–Trinajstić information content (AvgIpc) is 2.45. The van der Waals surface area contributed by atoms with Gasteiger partial charge >= 0.3 is 6.09 Å². The van der Waals surface area contributed by atoms with Gasteiger partial charge in [0.05, 0.1) is 19.3 Å². The number of hydrogen-bond acceptors (Lipinski definition) is 5. The summed E-state index contributed by atoms with van der Waals surface area (Å²) in [6, 6.07) is 0.405. The largest absolute Gasteiger partial charge is 0.444 e. The smallest absolute Gasteiger partial charge is 0.410 e. The number of rotatable bonds is 7. The van der Waals surface area contributed by atoms with Crippen molar-refractivity contribution in [3.63, 3.8) is 0 Å². The molecule has 0 aromatic rings. The van der Waals surface area contributed by atoms with Gasteiger partial charge in [0.25, 0.3) is 0 Å². The number of carbonyl (C=O) groups excluding carboxylic acids is 1. The molecule has 1 aliphatic heterocycles. The summed E-state index contributed by atoms with van der Waals surface area (Å²) in [5, 5.41) is 3.53. The van der Waals surface area contributed by atoms with Crippen molar-refractivity contribution in [3.8, 4) is 0 Å². The standard InChI is InChI=1S/C17H35N3O3/c1-7-19(6)9-8-18-14(2)12-15-13-22-11-10-20(15)16(21)23-17(3,4)5/h14-15,18H,7-13H2,1-6H3. The molecule has 1 N–H and O–H groups in total. The molecule has 1 heterocycles. The Kier molecular flexibility index (Phi) is 8.29. The molecule has 0 bridgehead atoms. The van der Waals surface area contributed by atoms with Crippen molar-refractivity contribution in [3.05, 3.63) is 0 Å². The Bertz CT molecular complexity index is 357. The molecule has 6 nitrogen and oxygen atoms in total. The molecule has 0 aliphatic carbocycles. The first-order chi connectivity index (χ1) is 10.7. The van der Waals surface area contributed by atoms with E-state index in [2.05, 4.69) is 31.1 Å². The first-order valence-electron chi connectivity index (χ1n) is 8.72. The SMILES string of the molecule is CCN(C)CCNC(C)CC1COCCN1C(=O)OC(C)(C)C. The van der Waals surface area contributed by atoms with Gasteiger partial charge in [0.2, 0.25) is 0 Å². The highest BCUT2D eigenvalue weighted by atomic mass is 16.6. The van der Waals surface area contributed by atoms with Crippen LogP contribution in [0, 0.1) is 0 Å². The predicted octanol–water partition coefficient (Wildman–Crippen LogP) is 1.94. The molecule has 0 spiro atoms. The molecule has 6 heteroatoms. The van der Waals surface area contributed by atoms with E-state index < -0.39 is 5.60 Å². The minimum Gasteiger partial charge on any atom is -0.444 e. The highest BCUT2D eigenvalue weighted by Crippen LogP contribution is 2.17. The molecule has 0 saturated carbocycles. The molecule has 1 amide bonds. The summed E-state index contributed by atoms with van der Waals surface area (Å²) >= 11 is 0. The molecule has 2 atom stereocenters. The zero-order chi connectivity index (χ0) is 17.5. The molecule has 1 rings (SSSR count). The number of hydrogen-bond donors (Lipinski definition) is 1. The number of carbonyl (C=O) groups is 1. The predicted molar refractivity (Wildman–Crippen MR) is 92.8 cm³/mol. The Labute approximate surface area is 141 Å². The molecule has 2 unspecified atom stereocenters. The first-order valence-corrected chi connectivity index (χ1v) is 8.72. The highest BCUT2D eigenvalue weighted by molar-refractivity contribution is 5.68. The zero-order valence-corrected chi connectivity index (χ0v) is 15.7. The fourth-order valence-electron chi connectivity index (χ4n) is 2.56. The number of morpholine rings is 1. The quantitative estimate of drug-likeness (QED) is 0.774. The van der Waals surface area contributed by atoms with Gasteiger partial charge in [0.15, 0.2) is 0 Å². The third-order valence-corrected chi connectivity index (χ3v) is 4.01. The summed E-state index contributed by atoms with van der Waals surface area (Å²) in [5.74, 6) is 0. The normalized spacial score (nSPS) is 20.7. The highest BCUT2D eigenvalue weighted by Gasteiger charge is 2.31. The Morgan fingerprint density at radius 2 is 2.17 bits per heavy atom. The lowest BCUT2D eigenvalue weighted by Gasteiger charge is -2.37. The lowest BCUT2D eigenvalue weighted by atomic mass is 10.1. The van der Waals surface area contributed by atoms with Gasteiger partial charge < -0.3 is 24.6 Å². The molecule has 1 saturated heterocycles. The van der Waals surface area contributed by atoms with Crippen LogP contribution in [0.15, 0.2) is 0 Å². The van der Waals surface area contributed by atoms with Crippen molar-refractivity contribution in [2.45, 2.75) is 58.7 Å². The maximum Gasteiger partial charge on any atom is 0.410 e. The minimum absolute atomic E-state index is 0.0741. The van der Waals surface area contributed by atoms with Crippen molar-refractivity contribution in [1.29, 1.82) is 0 Å². The summed E-state index contributed by atoms with van der Waals surface area (Å²) < 4.78 is 11.1. The minimum atomic E-state index is -0.464. The van der Waals surface area contributed by atoms with Crippen molar-refractivity contribution >= 4 is 6.09 Å². The Hall–Kier alpha value is -0.850. The fraction of sp³-hybridized carbons (Fsp3) is 0.941. The van der Waals surface area contributed by atoms with E-state index in [0.717, 1.165) is 26.1 Å². The number of amides is 1. The monoisotopic (exact) mass is 329 g/mol. The second-order valence-electron chi connectivity index (χ2n) is 7.39. The van der Waals surface area contributed by atoms with Gasteiger partial charge in [-0.2, -0.15) is 0 Å². The molecule has 0 aromatic carbocycles. The summed E-state index contributed by atoms with van der Waals surface area (Å²) in [6.07, 6.45) is 0.637. The van der Waals surface area contributed by atoms with Crippen molar-refractivity contribution in [1.82, 2.24) is 15.1 Å². The molecule has 0 aromatic heterocycles. The van der Waals surface area contributed by atoms with Crippen LogP contribution in [0.2, 0.25) is 0 Å². The van der Waals surface area contributed by atoms with Gasteiger partial charge in [0, 0.05) is 25.7 Å². The van der Waals surface area contributed by atoms with Crippen LogP contribution in [0.3, 0.4) is 0 Å². The van der Waals surface area contributed by atoms with Gasteiger partial charge in [-0.15, -0.1) is 0 Å². The summed E-state index contributed by atoms with van der Waals surface area (Å²) in [6.45, 7) is 14.8. The molecule has 0 radical (unpaired) electrons. The number of nitrogens with one attached hydrogen (secondary N) is 1. The van der Waals surface area contributed by atoms with Crippen molar-refractivity contribution in [2.24, 2.45) is 0 Å². The third-order valence-electron chi connectivity index (χ3n) is 4.01. The molecular formula is C17H35N3O3. The van der Waals surface area contributed by atoms with Crippen LogP contribution in [-0.2, 0) is 9.47 Å². The second kappa shape index (κ2) is 9.45. The van der Waals surface area contributed by atoms with E-state index in [1.807, 2.05) is 25.7 Å². The summed E-state index contributed by atoms with van der Waals surface area (Å²) in [4.78, 5) is 16.5. The van der Waals surface area contributed by atoms with Crippen LogP contribution in [-0.4, -0.2) is 80.0 Å². The van der Waals surface area contributed by atoms with E-state index >= 15 is 0 Å². The Balaban J connectivity index is 2.46.